The first kappa shape index (κ1) is 11.2. The summed E-state index contributed by atoms with van der Waals surface area (Å²) in [7, 11) is 1.38. The molecule has 2 fully saturated rings. The summed E-state index contributed by atoms with van der Waals surface area (Å²) in [6, 6.07) is 0. The third-order valence-electron chi connectivity index (χ3n) is 3.62. The lowest BCUT2D eigenvalue weighted by Gasteiger charge is -2.47. The van der Waals surface area contributed by atoms with Crippen LogP contribution in [-0.2, 0) is 14.0 Å². The molecule has 0 aromatic carbocycles. The number of nitrogens with zero attached hydrogens (tertiary/aromatic N) is 1. The van der Waals surface area contributed by atoms with Crippen molar-refractivity contribution in [1.29, 1.82) is 0 Å². The average molecular weight is 252 g/mol. The summed E-state index contributed by atoms with van der Waals surface area (Å²) in [5.41, 5.74) is -0.474. The van der Waals surface area contributed by atoms with Crippen molar-refractivity contribution in [1.82, 2.24) is 4.31 Å². The Bertz CT molecular complexity index is 394. The molecule has 1 spiro atoms. The number of hydrogen-bond donors (Lipinski definition) is 0. The summed E-state index contributed by atoms with van der Waals surface area (Å²) < 4.78 is 23.4. The van der Waals surface area contributed by atoms with Gasteiger partial charge in [0.25, 0.3) is 0 Å². The molecule has 0 radical (unpaired) electrons. The van der Waals surface area contributed by atoms with Crippen molar-refractivity contribution in [3.05, 3.63) is 0 Å². The molecule has 2 unspecified atom stereocenters. The summed E-state index contributed by atoms with van der Waals surface area (Å²) in [4.78, 5) is 11.3. The predicted octanol–water partition coefficient (Wildman–Crippen LogP) is 1.65. The molecule has 0 aromatic rings. The highest BCUT2D eigenvalue weighted by Gasteiger charge is 2.58. The fourth-order valence-corrected chi connectivity index (χ4v) is 4.53. The van der Waals surface area contributed by atoms with Crippen molar-refractivity contribution in [3.8, 4) is 0 Å². The number of carbonyl (C=O) groups is 1. The van der Waals surface area contributed by atoms with Crippen LogP contribution >= 0.6 is 10.7 Å². The van der Waals surface area contributed by atoms with Crippen molar-refractivity contribution in [3.63, 3.8) is 0 Å². The molecule has 0 N–H and O–H groups in total. The van der Waals surface area contributed by atoms with Crippen LogP contribution in [0.3, 0.4) is 0 Å². The third kappa shape index (κ3) is 1.65. The van der Waals surface area contributed by atoms with Crippen LogP contribution in [0.25, 0.3) is 0 Å². The quantitative estimate of drug-likeness (QED) is 0.554. The zero-order valence-electron chi connectivity index (χ0n) is 8.57. The van der Waals surface area contributed by atoms with E-state index in [-0.39, 0.29) is 5.91 Å². The monoisotopic (exact) mass is 251 g/mol. The van der Waals surface area contributed by atoms with Crippen molar-refractivity contribution >= 4 is 25.8 Å². The second-order valence-corrected chi connectivity index (χ2v) is 6.88. The number of carbonyl (C=O) groups excluding carboxylic acids is 1. The largest absolute Gasteiger partial charge is 0.324 e. The van der Waals surface area contributed by atoms with E-state index in [4.69, 9.17) is 10.7 Å². The predicted molar refractivity (Wildman–Crippen MR) is 56.6 cm³/mol. The molecule has 0 aromatic heterocycles. The van der Waals surface area contributed by atoms with Gasteiger partial charge in [0, 0.05) is 10.7 Å². The van der Waals surface area contributed by atoms with E-state index in [1.807, 2.05) is 0 Å². The highest BCUT2D eigenvalue weighted by atomic mass is 35.7. The van der Waals surface area contributed by atoms with E-state index in [0.29, 0.717) is 12.3 Å². The van der Waals surface area contributed by atoms with Gasteiger partial charge < -0.3 is 0 Å². The molecular weight excluding hydrogens is 238 g/mol. The molecule has 1 saturated heterocycles. The summed E-state index contributed by atoms with van der Waals surface area (Å²) >= 11 is 0. The number of hydrogen-bond acceptors (Lipinski definition) is 3. The first-order valence-electron chi connectivity index (χ1n) is 5.17. The number of amides is 1. The van der Waals surface area contributed by atoms with Gasteiger partial charge in [-0.15, -0.1) is 0 Å². The fourth-order valence-electron chi connectivity index (χ4n) is 2.86. The molecule has 1 aliphatic heterocycles. The molecule has 86 valence electrons. The molecule has 1 aliphatic carbocycles. The Balaban J connectivity index is 2.22. The standard InChI is InChI=1S/C9H14ClNO3S/c1-2-7-3-4-9(5-7)6-8(12)11(9)15(10,13)14/h7H,2-6H2,1H3. The van der Waals surface area contributed by atoms with Crippen LogP contribution in [0.5, 0.6) is 0 Å². The van der Waals surface area contributed by atoms with Gasteiger partial charge in [-0.1, -0.05) is 13.3 Å². The van der Waals surface area contributed by atoms with E-state index in [2.05, 4.69) is 6.92 Å². The fraction of sp³-hybridized carbons (Fsp3) is 0.889. The topological polar surface area (TPSA) is 54.5 Å². The normalized spacial score (nSPS) is 36.0. The molecule has 4 nitrogen and oxygen atoms in total. The number of halogens is 1. The molecule has 15 heavy (non-hydrogen) atoms. The second kappa shape index (κ2) is 3.35. The lowest BCUT2D eigenvalue weighted by atomic mass is 9.84. The second-order valence-electron chi connectivity index (χ2n) is 4.52. The molecule has 1 amide bonds. The Morgan fingerprint density at radius 3 is 2.67 bits per heavy atom. The number of rotatable bonds is 2. The van der Waals surface area contributed by atoms with E-state index in [1.54, 1.807) is 0 Å². The SMILES string of the molecule is CCC1CCC2(CC(=O)N2S(=O)(=O)Cl)C1. The van der Waals surface area contributed by atoms with Crippen molar-refractivity contribution in [2.45, 2.75) is 44.6 Å². The lowest BCUT2D eigenvalue weighted by molar-refractivity contribution is -0.144. The molecule has 1 heterocycles. The average Bonchev–Trinajstić information content (AvgIpc) is 2.46. The van der Waals surface area contributed by atoms with Crippen LogP contribution in [0.2, 0.25) is 0 Å². The van der Waals surface area contributed by atoms with Gasteiger partial charge >= 0.3 is 9.24 Å². The summed E-state index contributed by atoms with van der Waals surface area (Å²) in [5, 5.41) is 0. The van der Waals surface area contributed by atoms with Gasteiger partial charge in [0.2, 0.25) is 5.91 Å². The smallest absolute Gasteiger partial charge is 0.274 e. The van der Waals surface area contributed by atoms with Crippen LogP contribution < -0.4 is 0 Å². The van der Waals surface area contributed by atoms with E-state index >= 15 is 0 Å². The van der Waals surface area contributed by atoms with Crippen molar-refractivity contribution in [2.75, 3.05) is 0 Å². The van der Waals surface area contributed by atoms with Gasteiger partial charge in [-0.25, -0.2) is 4.31 Å². The Morgan fingerprint density at radius 1 is 1.60 bits per heavy atom. The minimum atomic E-state index is -3.88. The minimum Gasteiger partial charge on any atom is -0.274 e. The highest BCUT2D eigenvalue weighted by Crippen LogP contribution is 2.50. The van der Waals surface area contributed by atoms with Crippen molar-refractivity contribution < 1.29 is 13.2 Å². The molecule has 1 saturated carbocycles. The van der Waals surface area contributed by atoms with E-state index in [1.165, 1.54) is 0 Å². The zero-order chi connectivity index (χ0) is 11.3. The molecule has 2 aliphatic rings. The Labute approximate surface area is 94.1 Å². The van der Waals surface area contributed by atoms with Crippen LogP contribution in [0.4, 0.5) is 0 Å². The van der Waals surface area contributed by atoms with Crippen LogP contribution in [0.15, 0.2) is 0 Å². The number of β-lactam (4-membered cyclic amide) rings is 1. The van der Waals surface area contributed by atoms with Gasteiger partial charge in [0.1, 0.15) is 0 Å². The summed E-state index contributed by atoms with van der Waals surface area (Å²) in [5.74, 6) is 0.167. The minimum absolute atomic E-state index is 0.343. The summed E-state index contributed by atoms with van der Waals surface area (Å²) in [6.07, 6.45) is 3.92. The summed E-state index contributed by atoms with van der Waals surface area (Å²) in [6.45, 7) is 2.09. The maximum absolute atomic E-state index is 11.3. The van der Waals surface area contributed by atoms with Gasteiger partial charge in [0.05, 0.1) is 12.0 Å². The van der Waals surface area contributed by atoms with Gasteiger partial charge in [-0.05, 0) is 25.2 Å². The maximum atomic E-state index is 11.3. The van der Waals surface area contributed by atoms with E-state index < -0.39 is 14.8 Å². The van der Waals surface area contributed by atoms with Gasteiger partial charge in [-0.3, -0.25) is 4.79 Å². The molecule has 2 rings (SSSR count). The van der Waals surface area contributed by atoms with E-state index in [0.717, 1.165) is 30.0 Å². The molecule has 6 heteroatoms. The Kier molecular flexibility index (Phi) is 2.50. The van der Waals surface area contributed by atoms with E-state index in [9.17, 15) is 13.2 Å². The van der Waals surface area contributed by atoms with Crippen LogP contribution in [0.1, 0.15) is 39.0 Å². The van der Waals surface area contributed by atoms with Gasteiger partial charge in [0.15, 0.2) is 0 Å². The molecule has 0 bridgehead atoms. The first-order chi connectivity index (χ1) is 6.89. The molecular formula is C9H14ClNO3S. The van der Waals surface area contributed by atoms with Crippen LogP contribution in [-0.4, -0.2) is 24.2 Å². The molecule has 2 atom stereocenters. The third-order valence-corrected chi connectivity index (χ3v) is 5.06. The van der Waals surface area contributed by atoms with Crippen LogP contribution in [0, 0.1) is 5.92 Å². The Morgan fingerprint density at radius 2 is 2.27 bits per heavy atom. The maximum Gasteiger partial charge on any atom is 0.324 e. The highest BCUT2D eigenvalue weighted by molar-refractivity contribution is 8.12. The van der Waals surface area contributed by atoms with Gasteiger partial charge in [-0.2, -0.15) is 8.42 Å². The zero-order valence-corrected chi connectivity index (χ0v) is 10.1. The first-order valence-corrected chi connectivity index (χ1v) is 7.43. The van der Waals surface area contributed by atoms with Crippen molar-refractivity contribution in [2.24, 2.45) is 5.92 Å². The lowest BCUT2D eigenvalue weighted by Crippen LogP contribution is -2.63. The Hall–Kier alpha value is -0.290.